The number of carbonyl (C=O) groups excluding carboxylic acids is 2. The van der Waals surface area contributed by atoms with E-state index in [2.05, 4.69) is 5.32 Å². The van der Waals surface area contributed by atoms with Gasteiger partial charge in [-0.25, -0.2) is 0 Å². The fraction of sp³-hybridized carbons (Fsp3) is 0.500. The third-order valence-corrected chi connectivity index (χ3v) is 4.04. The number of halogens is 1. The van der Waals surface area contributed by atoms with Crippen LogP contribution >= 0.6 is 11.6 Å². The number of hydrogen-bond acceptors (Lipinski definition) is 2. The van der Waals surface area contributed by atoms with Gasteiger partial charge in [0.05, 0.1) is 0 Å². The van der Waals surface area contributed by atoms with E-state index in [9.17, 15) is 9.59 Å². The normalized spacial score (nSPS) is 16.4. The second-order valence-electron chi connectivity index (χ2n) is 5.42. The minimum Gasteiger partial charge on any atom is -0.341 e. The number of nitrogens with one attached hydrogen (secondary N) is 1. The van der Waals surface area contributed by atoms with Gasteiger partial charge in [-0.2, -0.15) is 0 Å². The summed E-state index contributed by atoms with van der Waals surface area (Å²) < 4.78 is 0. The molecule has 2 amide bonds. The Hall–Kier alpha value is -1.55. The lowest BCUT2D eigenvalue weighted by Crippen LogP contribution is -2.48. The van der Waals surface area contributed by atoms with Crippen molar-refractivity contribution in [1.82, 2.24) is 10.2 Å². The number of likely N-dealkylation sites (tertiary alicyclic amines) is 1. The summed E-state index contributed by atoms with van der Waals surface area (Å²) in [5.74, 6) is 0.125. The van der Waals surface area contributed by atoms with Crippen molar-refractivity contribution in [2.45, 2.75) is 38.1 Å². The van der Waals surface area contributed by atoms with E-state index in [1.165, 1.54) is 6.42 Å². The average Bonchev–Trinajstić information content (AvgIpc) is 2.54. The second-order valence-corrected chi connectivity index (χ2v) is 5.68. The molecule has 0 saturated carbocycles. The molecule has 0 bridgehead atoms. The minimum absolute atomic E-state index is 0.00320. The zero-order valence-electron chi connectivity index (χ0n) is 12.3. The maximum absolute atomic E-state index is 12.3. The van der Waals surface area contributed by atoms with E-state index in [1.54, 1.807) is 25.1 Å². The van der Waals surface area contributed by atoms with Gasteiger partial charge in [-0.15, -0.1) is 11.6 Å². The van der Waals surface area contributed by atoms with Crippen molar-refractivity contribution in [2.75, 3.05) is 13.1 Å². The van der Waals surface area contributed by atoms with Gasteiger partial charge in [0.25, 0.3) is 5.91 Å². The first kappa shape index (κ1) is 15.8. The van der Waals surface area contributed by atoms with Crippen LogP contribution in [0.3, 0.4) is 0 Å². The molecule has 1 fully saturated rings. The maximum atomic E-state index is 12.3. The number of amides is 2. The van der Waals surface area contributed by atoms with E-state index in [0.717, 1.165) is 31.5 Å². The van der Waals surface area contributed by atoms with E-state index in [4.69, 9.17) is 11.6 Å². The first-order valence-corrected chi connectivity index (χ1v) is 7.90. The molecule has 4 nitrogen and oxygen atoms in total. The molecule has 1 aromatic rings. The van der Waals surface area contributed by atoms with Crippen molar-refractivity contribution in [2.24, 2.45) is 0 Å². The lowest BCUT2D eigenvalue weighted by atomic mass is 10.1. The van der Waals surface area contributed by atoms with Crippen molar-refractivity contribution in [3.8, 4) is 0 Å². The summed E-state index contributed by atoms with van der Waals surface area (Å²) in [4.78, 5) is 26.3. The maximum Gasteiger partial charge on any atom is 0.251 e. The molecule has 1 unspecified atom stereocenters. The lowest BCUT2D eigenvalue weighted by Gasteiger charge is -2.29. The summed E-state index contributed by atoms with van der Waals surface area (Å²) in [6, 6.07) is 6.63. The van der Waals surface area contributed by atoms with Crippen LogP contribution in [0.2, 0.25) is 0 Å². The number of rotatable bonds is 4. The Morgan fingerprint density at radius 2 is 2.00 bits per heavy atom. The first-order chi connectivity index (χ1) is 10.1. The summed E-state index contributed by atoms with van der Waals surface area (Å²) in [5.41, 5.74) is 1.42. The molecule has 0 radical (unpaired) electrons. The zero-order valence-corrected chi connectivity index (χ0v) is 13.0. The van der Waals surface area contributed by atoms with Crippen LogP contribution in [0.1, 0.15) is 42.1 Å². The molecule has 5 heteroatoms. The Bertz CT molecular complexity index is 513. The fourth-order valence-electron chi connectivity index (χ4n) is 2.53. The van der Waals surface area contributed by atoms with E-state index in [0.29, 0.717) is 11.4 Å². The minimum atomic E-state index is -0.504. The predicted molar refractivity (Wildman–Crippen MR) is 83.4 cm³/mol. The summed E-state index contributed by atoms with van der Waals surface area (Å²) in [7, 11) is 0. The molecule has 2 rings (SSSR count). The van der Waals surface area contributed by atoms with Crippen molar-refractivity contribution in [1.29, 1.82) is 0 Å². The quantitative estimate of drug-likeness (QED) is 0.869. The highest BCUT2D eigenvalue weighted by Crippen LogP contribution is 2.11. The molecule has 1 N–H and O–H groups in total. The lowest BCUT2D eigenvalue weighted by molar-refractivity contribution is -0.133. The van der Waals surface area contributed by atoms with Crippen LogP contribution in [0.5, 0.6) is 0 Å². The van der Waals surface area contributed by atoms with Crippen LogP contribution in [-0.2, 0) is 10.7 Å². The zero-order chi connectivity index (χ0) is 15.2. The van der Waals surface area contributed by atoms with E-state index < -0.39 is 6.04 Å². The number of carbonyl (C=O) groups is 2. The summed E-state index contributed by atoms with van der Waals surface area (Å²) in [6.45, 7) is 3.32. The van der Waals surface area contributed by atoms with Crippen molar-refractivity contribution < 1.29 is 9.59 Å². The monoisotopic (exact) mass is 308 g/mol. The highest BCUT2D eigenvalue weighted by molar-refractivity contribution is 6.17. The number of alkyl halides is 1. The molecule has 1 atom stereocenters. The molecule has 1 aromatic carbocycles. The number of piperidine rings is 1. The van der Waals surface area contributed by atoms with Gasteiger partial charge in [0, 0.05) is 24.5 Å². The molecule has 1 saturated heterocycles. The topological polar surface area (TPSA) is 49.4 Å². The number of nitrogens with zero attached hydrogens (tertiary/aromatic N) is 1. The molecule has 1 aliphatic rings. The van der Waals surface area contributed by atoms with Crippen LogP contribution < -0.4 is 5.32 Å². The fourth-order valence-corrected chi connectivity index (χ4v) is 2.69. The Morgan fingerprint density at radius 1 is 1.29 bits per heavy atom. The third-order valence-electron chi connectivity index (χ3n) is 3.73. The summed E-state index contributed by atoms with van der Waals surface area (Å²) in [6.07, 6.45) is 3.27. The summed E-state index contributed by atoms with van der Waals surface area (Å²) in [5, 5.41) is 2.77. The highest BCUT2D eigenvalue weighted by Gasteiger charge is 2.23. The summed E-state index contributed by atoms with van der Waals surface area (Å²) >= 11 is 5.77. The Morgan fingerprint density at radius 3 is 2.67 bits per heavy atom. The van der Waals surface area contributed by atoms with Crippen molar-refractivity contribution in [3.05, 3.63) is 35.4 Å². The predicted octanol–water partition coefficient (Wildman–Crippen LogP) is 2.56. The molecular weight excluding hydrogens is 288 g/mol. The van der Waals surface area contributed by atoms with Crippen LogP contribution in [0.15, 0.2) is 24.3 Å². The van der Waals surface area contributed by atoms with E-state index >= 15 is 0 Å². The van der Waals surface area contributed by atoms with Crippen LogP contribution in [0.25, 0.3) is 0 Å². The Kier molecular flexibility index (Phi) is 5.62. The Labute approximate surface area is 130 Å². The van der Waals surface area contributed by atoms with Gasteiger partial charge >= 0.3 is 0 Å². The average molecular weight is 309 g/mol. The SMILES string of the molecule is CC(NC(=O)c1cccc(CCl)c1)C(=O)N1CCCCC1. The standard InChI is InChI=1S/C16H21ClN2O2/c1-12(16(21)19-8-3-2-4-9-19)18-15(20)14-7-5-6-13(10-14)11-17/h5-7,10,12H,2-4,8-9,11H2,1H3,(H,18,20). The second kappa shape index (κ2) is 7.46. The molecule has 0 spiro atoms. The van der Waals surface area contributed by atoms with E-state index in [-0.39, 0.29) is 11.8 Å². The van der Waals surface area contributed by atoms with Gasteiger partial charge in [0.15, 0.2) is 0 Å². The van der Waals surface area contributed by atoms with Gasteiger partial charge in [-0.3, -0.25) is 9.59 Å². The molecule has 0 aliphatic carbocycles. The number of benzene rings is 1. The van der Waals surface area contributed by atoms with Gasteiger partial charge in [-0.05, 0) is 43.9 Å². The largest absolute Gasteiger partial charge is 0.341 e. The molecule has 114 valence electrons. The number of hydrogen-bond donors (Lipinski definition) is 1. The van der Waals surface area contributed by atoms with Gasteiger partial charge in [-0.1, -0.05) is 12.1 Å². The smallest absolute Gasteiger partial charge is 0.251 e. The van der Waals surface area contributed by atoms with E-state index in [1.807, 2.05) is 11.0 Å². The van der Waals surface area contributed by atoms with Gasteiger partial charge < -0.3 is 10.2 Å². The van der Waals surface area contributed by atoms with Crippen molar-refractivity contribution >= 4 is 23.4 Å². The molecule has 0 aromatic heterocycles. The van der Waals surface area contributed by atoms with Crippen LogP contribution in [0, 0.1) is 0 Å². The first-order valence-electron chi connectivity index (χ1n) is 7.36. The van der Waals surface area contributed by atoms with Gasteiger partial charge in [0.1, 0.15) is 6.04 Å². The molecule has 1 aliphatic heterocycles. The molecule has 1 heterocycles. The Balaban J connectivity index is 1.96. The van der Waals surface area contributed by atoms with Crippen molar-refractivity contribution in [3.63, 3.8) is 0 Å². The van der Waals surface area contributed by atoms with Crippen LogP contribution in [-0.4, -0.2) is 35.8 Å². The molecule has 21 heavy (non-hydrogen) atoms. The third kappa shape index (κ3) is 4.21. The van der Waals surface area contributed by atoms with Crippen LogP contribution in [0.4, 0.5) is 0 Å². The van der Waals surface area contributed by atoms with Gasteiger partial charge in [0.2, 0.25) is 5.91 Å². The molecular formula is C16H21ClN2O2. The highest BCUT2D eigenvalue weighted by atomic mass is 35.5.